The summed E-state index contributed by atoms with van der Waals surface area (Å²) in [5.41, 5.74) is 0.922. The lowest BCUT2D eigenvalue weighted by molar-refractivity contribution is 0.0997. The molecule has 1 atom stereocenters. The zero-order valence-corrected chi connectivity index (χ0v) is 11.9. The van der Waals surface area contributed by atoms with E-state index in [0.29, 0.717) is 13.2 Å². The molecule has 2 heterocycles. The number of para-hydroxylation sites is 3. The number of aromatic nitrogens is 2. The van der Waals surface area contributed by atoms with Crippen molar-refractivity contribution in [1.82, 2.24) is 9.97 Å². The highest BCUT2D eigenvalue weighted by Gasteiger charge is 2.20. The third-order valence-corrected chi connectivity index (χ3v) is 3.61. The maximum Gasteiger partial charge on any atom is 0.161 e. The van der Waals surface area contributed by atoms with E-state index in [9.17, 15) is 0 Å². The summed E-state index contributed by atoms with van der Waals surface area (Å²) in [5, 5.41) is 4.33. The first-order chi connectivity index (χ1) is 10.9. The average molecular weight is 293 g/mol. The van der Waals surface area contributed by atoms with E-state index >= 15 is 0 Å². The van der Waals surface area contributed by atoms with Crippen LogP contribution in [0.4, 0.5) is 5.82 Å². The maximum atomic E-state index is 5.93. The predicted octanol–water partition coefficient (Wildman–Crippen LogP) is 2.88. The first-order valence-electron chi connectivity index (χ1n) is 7.22. The minimum atomic E-state index is -0.0522. The van der Waals surface area contributed by atoms with Gasteiger partial charge in [0, 0.05) is 5.39 Å². The summed E-state index contributed by atoms with van der Waals surface area (Å²) >= 11 is 0. The highest BCUT2D eigenvalue weighted by atomic mass is 16.6. The summed E-state index contributed by atoms with van der Waals surface area (Å²) in [4.78, 5) is 8.58. The third kappa shape index (κ3) is 2.41. The fourth-order valence-corrected chi connectivity index (χ4v) is 2.52. The number of rotatable bonds is 3. The van der Waals surface area contributed by atoms with Gasteiger partial charge in [0.1, 0.15) is 24.9 Å². The van der Waals surface area contributed by atoms with Crippen LogP contribution in [0.3, 0.4) is 0 Å². The van der Waals surface area contributed by atoms with Gasteiger partial charge in [-0.2, -0.15) is 0 Å². The molecule has 1 aliphatic rings. The fraction of sp³-hybridized carbons (Fsp3) is 0.176. The Morgan fingerprint density at radius 3 is 2.77 bits per heavy atom. The number of hydrogen-bond donors (Lipinski definition) is 1. The number of anilines is 1. The number of nitrogens with one attached hydrogen (secondary N) is 1. The van der Waals surface area contributed by atoms with Gasteiger partial charge in [-0.3, -0.25) is 0 Å². The molecule has 0 saturated heterocycles. The molecule has 4 rings (SSSR count). The first-order valence-corrected chi connectivity index (χ1v) is 7.22. The van der Waals surface area contributed by atoms with Crippen LogP contribution in [0.2, 0.25) is 0 Å². The largest absolute Gasteiger partial charge is 0.486 e. The van der Waals surface area contributed by atoms with Crippen molar-refractivity contribution < 1.29 is 9.47 Å². The second-order valence-electron chi connectivity index (χ2n) is 5.12. The zero-order chi connectivity index (χ0) is 14.8. The minimum absolute atomic E-state index is 0.0522. The topological polar surface area (TPSA) is 56.3 Å². The highest BCUT2D eigenvalue weighted by molar-refractivity contribution is 5.88. The van der Waals surface area contributed by atoms with Crippen LogP contribution in [0.5, 0.6) is 11.5 Å². The molecule has 0 bridgehead atoms. The fourth-order valence-electron chi connectivity index (χ4n) is 2.52. The van der Waals surface area contributed by atoms with Crippen LogP contribution < -0.4 is 14.8 Å². The molecule has 2 aromatic carbocycles. The van der Waals surface area contributed by atoms with Crippen molar-refractivity contribution in [1.29, 1.82) is 0 Å². The minimum Gasteiger partial charge on any atom is -0.486 e. The van der Waals surface area contributed by atoms with E-state index in [-0.39, 0.29) is 6.10 Å². The van der Waals surface area contributed by atoms with Crippen LogP contribution in [-0.2, 0) is 0 Å². The molecule has 22 heavy (non-hydrogen) atoms. The van der Waals surface area contributed by atoms with E-state index < -0.39 is 0 Å². The summed E-state index contributed by atoms with van der Waals surface area (Å²) < 4.78 is 11.6. The molecular weight excluding hydrogens is 278 g/mol. The van der Waals surface area contributed by atoms with E-state index in [2.05, 4.69) is 15.3 Å². The summed E-state index contributed by atoms with van der Waals surface area (Å²) in [6.45, 7) is 1.14. The summed E-state index contributed by atoms with van der Waals surface area (Å²) in [7, 11) is 0. The molecule has 5 heteroatoms. The Kier molecular flexibility index (Phi) is 3.23. The molecule has 1 aliphatic heterocycles. The quantitative estimate of drug-likeness (QED) is 0.804. The van der Waals surface area contributed by atoms with E-state index in [1.807, 2.05) is 48.5 Å². The molecule has 5 nitrogen and oxygen atoms in total. The van der Waals surface area contributed by atoms with Gasteiger partial charge < -0.3 is 14.8 Å². The Labute approximate surface area is 127 Å². The van der Waals surface area contributed by atoms with Gasteiger partial charge in [-0.25, -0.2) is 9.97 Å². The van der Waals surface area contributed by atoms with Crippen molar-refractivity contribution >= 4 is 16.7 Å². The summed E-state index contributed by atoms with van der Waals surface area (Å²) in [6, 6.07) is 15.6. The molecular formula is C17H15N3O2. The van der Waals surface area contributed by atoms with E-state index in [4.69, 9.17) is 9.47 Å². The SMILES string of the molecule is c1ccc2c(c1)OCC(CNc1ncnc3ccccc13)O2. The molecule has 0 aliphatic carbocycles. The molecule has 0 radical (unpaired) electrons. The van der Waals surface area contributed by atoms with Crippen LogP contribution >= 0.6 is 0 Å². The molecule has 110 valence electrons. The second-order valence-corrected chi connectivity index (χ2v) is 5.12. The van der Waals surface area contributed by atoms with Gasteiger partial charge in [0.25, 0.3) is 0 Å². The van der Waals surface area contributed by atoms with Crippen LogP contribution in [0.25, 0.3) is 10.9 Å². The van der Waals surface area contributed by atoms with Gasteiger partial charge in [0.2, 0.25) is 0 Å². The van der Waals surface area contributed by atoms with Crippen molar-refractivity contribution in [3.8, 4) is 11.5 Å². The van der Waals surface area contributed by atoms with Crippen molar-refractivity contribution in [2.24, 2.45) is 0 Å². The lowest BCUT2D eigenvalue weighted by Gasteiger charge is -2.26. The molecule has 3 aromatic rings. The van der Waals surface area contributed by atoms with Crippen molar-refractivity contribution in [2.75, 3.05) is 18.5 Å². The Morgan fingerprint density at radius 2 is 1.82 bits per heavy atom. The first kappa shape index (κ1) is 12.9. The number of hydrogen-bond acceptors (Lipinski definition) is 5. The number of benzene rings is 2. The average Bonchev–Trinajstić information content (AvgIpc) is 2.60. The van der Waals surface area contributed by atoms with Gasteiger partial charge in [-0.1, -0.05) is 24.3 Å². The van der Waals surface area contributed by atoms with Crippen molar-refractivity contribution in [3.05, 3.63) is 54.9 Å². The third-order valence-electron chi connectivity index (χ3n) is 3.61. The maximum absolute atomic E-state index is 5.93. The van der Waals surface area contributed by atoms with Gasteiger partial charge in [-0.15, -0.1) is 0 Å². The molecule has 0 fully saturated rings. The van der Waals surface area contributed by atoms with E-state index in [1.165, 1.54) is 0 Å². The van der Waals surface area contributed by atoms with E-state index in [1.54, 1.807) is 6.33 Å². The molecule has 0 amide bonds. The summed E-state index contributed by atoms with van der Waals surface area (Å²) in [6.07, 6.45) is 1.52. The second kappa shape index (κ2) is 5.52. The molecule has 1 N–H and O–H groups in total. The molecule has 0 saturated carbocycles. The van der Waals surface area contributed by atoms with E-state index in [0.717, 1.165) is 28.2 Å². The monoisotopic (exact) mass is 293 g/mol. The van der Waals surface area contributed by atoms with Crippen LogP contribution in [0.15, 0.2) is 54.9 Å². The Bertz CT molecular complexity index is 801. The van der Waals surface area contributed by atoms with Gasteiger partial charge >= 0.3 is 0 Å². The van der Waals surface area contributed by atoms with Crippen molar-refractivity contribution in [3.63, 3.8) is 0 Å². The standard InChI is InChI=1S/C17H15N3O2/c1-2-6-14-13(5-1)17(20-11-19-14)18-9-12-10-21-15-7-3-4-8-16(15)22-12/h1-8,11-12H,9-10H2,(H,18,19,20). The van der Waals surface area contributed by atoms with Gasteiger partial charge in [0.05, 0.1) is 12.1 Å². The Morgan fingerprint density at radius 1 is 1.00 bits per heavy atom. The summed E-state index contributed by atoms with van der Waals surface area (Å²) in [5.74, 6) is 2.40. The molecule has 1 aromatic heterocycles. The highest BCUT2D eigenvalue weighted by Crippen LogP contribution is 2.31. The number of fused-ring (bicyclic) bond motifs is 2. The smallest absolute Gasteiger partial charge is 0.161 e. The molecule has 0 spiro atoms. The van der Waals surface area contributed by atoms with Crippen molar-refractivity contribution in [2.45, 2.75) is 6.10 Å². The lowest BCUT2D eigenvalue weighted by Crippen LogP contribution is -2.35. The normalized spacial score (nSPS) is 16.5. The number of ether oxygens (including phenoxy) is 2. The van der Waals surface area contributed by atoms with Gasteiger partial charge in [-0.05, 0) is 24.3 Å². The zero-order valence-electron chi connectivity index (χ0n) is 11.9. The van der Waals surface area contributed by atoms with Crippen LogP contribution in [0, 0.1) is 0 Å². The van der Waals surface area contributed by atoms with Gasteiger partial charge in [0.15, 0.2) is 11.5 Å². The Balaban J connectivity index is 1.49. The number of nitrogens with zero attached hydrogens (tertiary/aromatic N) is 2. The van der Waals surface area contributed by atoms with Crippen LogP contribution in [-0.4, -0.2) is 29.2 Å². The molecule has 1 unspecified atom stereocenters. The predicted molar refractivity (Wildman–Crippen MR) is 84.4 cm³/mol. The lowest BCUT2D eigenvalue weighted by atomic mass is 10.2. The Hall–Kier alpha value is -2.82. The van der Waals surface area contributed by atoms with Crippen LogP contribution in [0.1, 0.15) is 0 Å².